The molecule has 1 atom stereocenters. The van der Waals surface area contributed by atoms with E-state index in [1.165, 1.54) is 0 Å². The number of halogens is 3. The fraction of sp³-hybridized carbons (Fsp3) is 0.571. The van der Waals surface area contributed by atoms with Gasteiger partial charge in [0.2, 0.25) is 0 Å². The van der Waals surface area contributed by atoms with Crippen LogP contribution in [-0.4, -0.2) is 25.2 Å². The van der Waals surface area contributed by atoms with Crippen molar-refractivity contribution in [3.8, 4) is 0 Å². The summed E-state index contributed by atoms with van der Waals surface area (Å²) < 4.78 is 39.9. The van der Waals surface area contributed by atoms with Crippen LogP contribution in [-0.2, 0) is 0 Å². The Hall–Kier alpha value is -1.23. The number of nitrogens with zero attached hydrogens (tertiary/aromatic N) is 1. The van der Waals surface area contributed by atoms with Crippen molar-refractivity contribution in [3.63, 3.8) is 0 Å². The normalized spacial score (nSPS) is 20.1. The lowest BCUT2D eigenvalue weighted by molar-refractivity contribution is 0.391. The lowest BCUT2D eigenvalue weighted by atomic mass is 10.0. The zero-order chi connectivity index (χ0) is 14.0. The molecule has 1 unspecified atom stereocenters. The first-order valence-corrected chi connectivity index (χ1v) is 6.63. The van der Waals surface area contributed by atoms with Gasteiger partial charge in [0.25, 0.3) is 0 Å². The molecule has 1 N–H and O–H groups in total. The third-order valence-corrected chi connectivity index (χ3v) is 3.32. The molecule has 0 bridgehead atoms. The Labute approximate surface area is 111 Å². The van der Waals surface area contributed by atoms with Crippen LogP contribution in [0.3, 0.4) is 0 Å². The van der Waals surface area contributed by atoms with Gasteiger partial charge in [0.05, 0.1) is 5.69 Å². The van der Waals surface area contributed by atoms with E-state index in [0.29, 0.717) is 25.2 Å². The summed E-state index contributed by atoms with van der Waals surface area (Å²) in [5, 5.41) is 3.39. The minimum Gasteiger partial charge on any atom is -0.368 e. The smallest absolute Gasteiger partial charge is 0.161 e. The minimum atomic E-state index is -1.14. The van der Waals surface area contributed by atoms with E-state index in [9.17, 15) is 13.2 Å². The van der Waals surface area contributed by atoms with Gasteiger partial charge in [-0.3, -0.25) is 0 Å². The standard InChI is InChI=1S/C14H19F3N2/c1-9(2)18-10-4-3-5-19(8-10)14-7-12(16)11(15)6-13(14)17/h6-7,9-10,18H,3-5,8H2,1-2H3. The molecule has 1 aliphatic rings. The second kappa shape index (κ2) is 5.82. The van der Waals surface area contributed by atoms with E-state index in [-0.39, 0.29) is 11.7 Å². The summed E-state index contributed by atoms with van der Waals surface area (Å²) in [6, 6.07) is 2.16. The highest BCUT2D eigenvalue weighted by Crippen LogP contribution is 2.25. The fourth-order valence-corrected chi connectivity index (χ4v) is 2.56. The largest absolute Gasteiger partial charge is 0.368 e. The highest BCUT2D eigenvalue weighted by atomic mass is 19.2. The van der Waals surface area contributed by atoms with Crippen LogP contribution in [0.15, 0.2) is 12.1 Å². The van der Waals surface area contributed by atoms with Gasteiger partial charge in [-0.05, 0) is 12.8 Å². The topological polar surface area (TPSA) is 15.3 Å². The number of benzene rings is 1. The zero-order valence-corrected chi connectivity index (χ0v) is 11.2. The van der Waals surface area contributed by atoms with Gasteiger partial charge in [-0.15, -0.1) is 0 Å². The molecule has 1 saturated heterocycles. The van der Waals surface area contributed by atoms with E-state index in [1.807, 2.05) is 0 Å². The van der Waals surface area contributed by atoms with Crippen molar-refractivity contribution in [2.75, 3.05) is 18.0 Å². The molecule has 1 fully saturated rings. The summed E-state index contributed by atoms with van der Waals surface area (Å²) in [5.74, 6) is -2.85. The van der Waals surface area contributed by atoms with E-state index < -0.39 is 17.5 Å². The van der Waals surface area contributed by atoms with Crippen molar-refractivity contribution in [2.45, 2.75) is 38.8 Å². The lowest BCUT2D eigenvalue weighted by Crippen LogP contribution is -2.48. The third kappa shape index (κ3) is 3.41. The van der Waals surface area contributed by atoms with Crippen LogP contribution in [0.25, 0.3) is 0 Å². The second-order valence-corrected chi connectivity index (χ2v) is 5.32. The van der Waals surface area contributed by atoms with E-state index >= 15 is 0 Å². The second-order valence-electron chi connectivity index (χ2n) is 5.32. The van der Waals surface area contributed by atoms with Crippen LogP contribution in [0, 0.1) is 17.5 Å². The molecule has 1 aromatic carbocycles. The van der Waals surface area contributed by atoms with Crippen LogP contribution >= 0.6 is 0 Å². The molecule has 1 aliphatic heterocycles. The van der Waals surface area contributed by atoms with Gasteiger partial charge in [0.15, 0.2) is 11.6 Å². The Kier molecular flexibility index (Phi) is 4.34. The summed E-state index contributed by atoms with van der Waals surface area (Å²) >= 11 is 0. The molecule has 0 spiro atoms. The van der Waals surface area contributed by atoms with Gasteiger partial charge in [-0.2, -0.15) is 0 Å². The molecule has 1 heterocycles. The van der Waals surface area contributed by atoms with Crippen molar-refractivity contribution in [1.29, 1.82) is 0 Å². The first-order chi connectivity index (χ1) is 8.97. The summed E-state index contributed by atoms with van der Waals surface area (Å²) in [6.45, 7) is 5.38. The average Bonchev–Trinajstić information content (AvgIpc) is 2.33. The van der Waals surface area contributed by atoms with Crippen LogP contribution in [0.5, 0.6) is 0 Å². The molecular formula is C14H19F3N2. The van der Waals surface area contributed by atoms with Gasteiger partial charge in [-0.1, -0.05) is 13.8 Å². The average molecular weight is 272 g/mol. The molecular weight excluding hydrogens is 253 g/mol. The van der Waals surface area contributed by atoms with Gasteiger partial charge in [0, 0.05) is 37.3 Å². The molecule has 0 aromatic heterocycles. The van der Waals surface area contributed by atoms with Gasteiger partial charge < -0.3 is 10.2 Å². The fourth-order valence-electron chi connectivity index (χ4n) is 2.56. The highest BCUT2D eigenvalue weighted by molar-refractivity contribution is 5.49. The maximum absolute atomic E-state index is 13.7. The summed E-state index contributed by atoms with van der Waals surface area (Å²) in [6.07, 6.45) is 1.92. The predicted molar refractivity (Wildman–Crippen MR) is 69.8 cm³/mol. The molecule has 1 aromatic rings. The minimum absolute atomic E-state index is 0.147. The molecule has 106 valence electrons. The van der Waals surface area contributed by atoms with Crippen LogP contribution in [0.2, 0.25) is 0 Å². The van der Waals surface area contributed by atoms with Crippen LogP contribution in [0.1, 0.15) is 26.7 Å². The molecule has 0 radical (unpaired) electrons. The predicted octanol–water partition coefficient (Wildman–Crippen LogP) is 3.07. The van der Waals surface area contributed by atoms with Crippen LogP contribution < -0.4 is 10.2 Å². The number of rotatable bonds is 3. The Morgan fingerprint density at radius 1 is 1.16 bits per heavy atom. The van der Waals surface area contributed by atoms with E-state index in [4.69, 9.17) is 0 Å². The SMILES string of the molecule is CC(C)NC1CCCN(c2cc(F)c(F)cc2F)C1. The van der Waals surface area contributed by atoms with Crippen molar-refractivity contribution in [3.05, 3.63) is 29.6 Å². The van der Waals surface area contributed by atoms with Gasteiger partial charge in [0.1, 0.15) is 5.82 Å². The Morgan fingerprint density at radius 2 is 1.84 bits per heavy atom. The van der Waals surface area contributed by atoms with Crippen LogP contribution in [0.4, 0.5) is 18.9 Å². The third-order valence-electron chi connectivity index (χ3n) is 3.32. The van der Waals surface area contributed by atoms with Crippen molar-refractivity contribution in [2.24, 2.45) is 0 Å². The van der Waals surface area contributed by atoms with E-state index in [1.54, 1.807) is 4.90 Å². The zero-order valence-electron chi connectivity index (χ0n) is 11.2. The van der Waals surface area contributed by atoms with Crippen molar-refractivity contribution < 1.29 is 13.2 Å². The van der Waals surface area contributed by atoms with E-state index in [2.05, 4.69) is 19.2 Å². The first kappa shape index (κ1) is 14.2. The first-order valence-electron chi connectivity index (χ1n) is 6.63. The number of piperidine rings is 1. The molecule has 2 rings (SSSR count). The lowest BCUT2D eigenvalue weighted by Gasteiger charge is -2.36. The molecule has 0 amide bonds. The molecule has 5 heteroatoms. The van der Waals surface area contributed by atoms with E-state index in [0.717, 1.165) is 18.9 Å². The summed E-state index contributed by atoms with van der Waals surface area (Å²) in [5.41, 5.74) is 0.147. The Balaban J connectivity index is 2.15. The van der Waals surface area contributed by atoms with Gasteiger partial charge in [-0.25, -0.2) is 13.2 Å². The number of anilines is 1. The molecule has 0 saturated carbocycles. The Morgan fingerprint density at radius 3 is 2.53 bits per heavy atom. The van der Waals surface area contributed by atoms with Crippen molar-refractivity contribution >= 4 is 5.69 Å². The quantitative estimate of drug-likeness (QED) is 0.851. The molecule has 19 heavy (non-hydrogen) atoms. The maximum Gasteiger partial charge on any atom is 0.161 e. The van der Waals surface area contributed by atoms with Crippen molar-refractivity contribution in [1.82, 2.24) is 5.32 Å². The van der Waals surface area contributed by atoms with Gasteiger partial charge >= 0.3 is 0 Å². The molecule has 2 nitrogen and oxygen atoms in total. The molecule has 0 aliphatic carbocycles. The number of nitrogens with one attached hydrogen (secondary N) is 1. The summed E-state index contributed by atoms with van der Waals surface area (Å²) in [7, 11) is 0. The monoisotopic (exact) mass is 272 g/mol. The Bertz CT molecular complexity index is 449. The summed E-state index contributed by atoms with van der Waals surface area (Å²) in [4.78, 5) is 1.78. The number of hydrogen-bond donors (Lipinski definition) is 1. The highest BCUT2D eigenvalue weighted by Gasteiger charge is 2.23. The number of hydrogen-bond acceptors (Lipinski definition) is 2. The maximum atomic E-state index is 13.7.